The summed E-state index contributed by atoms with van der Waals surface area (Å²) in [6, 6.07) is 15.1. The molecule has 4 heteroatoms. The zero-order valence-electron chi connectivity index (χ0n) is 13.4. The van der Waals surface area contributed by atoms with Gasteiger partial charge in [-0.3, -0.25) is 0 Å². The van der Waals surface area contributed by atoms with E-state index in [-0.39, 0.29) is 0 Å². The molecule has 0 radical (unpaired) electrons. The quantitative estimate of drug-likeness (QED) is 0.609. The second kappa shape index (κ2) is 7.51. The number of benzene rings is 2. The van der Waals surface area contributed by atoms with E-state index >= 15 is 0 Å². The van der Waals surface area contributed by atoms with Crippen molar-refractivity contribution in [1.82, 2.24) is 0 Å². The van der Waals surface area contributed by atoms with Crippen LogP contribution in [-0.4, -0.2) is 6.16 Å². The molecule has 0 aliphatic carbocycles. The predicted molar refractivity (Wildman–Crippen MR) is 91.0 cm³/mol. The normalized spacial score (nSPS) is 11.2. The third-order valence-electron chi connectivity index (χ3n) is 3.25. The number of rotatable bonds is 7. The lowest BCUT2D eigenvalue weighted by atomic mass is 10.2. The van der Waals surface area contributed by atoms with Crippen molar-refractivity contribution in [3.63, 3.8) is 0 Å². The minimum absolute atomic E-state index is 0.408. The van der Waals surface area contributed by atoms with E-state index in [1.54, 1.807) is 0 Å². The van der Waals surface area contributed by atoms with Gasteiger partial charge in [-0.1, -0.05) is 37.6 Å². The Kier molecular flexibility index (Phi) is 5.68. The molecule has 0 aliphatic rings. The van der Waals surface area contributed by atoms with Crippen molar-refractivity contribution >= 4 is 7.60 Å². The number of hydrogen-bond acceptors (Lipinski definition) is 3. The number of aryl methyl sites for hydroxylation is 2. The fourth-order valence-corrected chi connectivity index (χ4v) is 3.92. The average Bonchev–Trinajstić information content (AvgIpc) is 2.45. The second-order valence-electron chi connectivity index (χ2n) is 5.50. The van der Waals surface area contributed by atoms with Gasteiger partial charge in [-0.25, -0.2) is 4.57 Å². The topological polar surface area (TPSA) is 35.5 Å². The van der Waals surface area contributed by atoms with Crippen LogP contribution in [0.25, 0.3) is 0 Å². The Labute approximate surface area is 132 Å². The van der Waals surface area contributed by atoms with E-state index in [0.29, 0.717) is 17.7 Å². The van der Waals surface area contributed by atoms with Crippen molar-refractivity contribution in [1.29, 1.82) is 0 Å². The van der Waals surface area contributed by atoms with Crippen LogP contribution in [0, 0.1) is 13.8 Å². The summed E-state index contributed by atoms with van der Waals surface area (Å²) in [7, 11) is -3.22. The van der Waals surface area contributed by atoms with Gasteiger partial charge in [-0.2, -0.15) is 0 Å². The molecule has 0 aromatic heterocycles. The minimum Gasteiger partial charge on any atom is -0.416 e. The molecule has 0 heterocycles. The SMILES string of the molecule is CCCCP(=O)(Oc1cccc(C)c1)Oc1cccc(C)c1. The Bertz CT molecular complexity index is 615. The first-order valence-electron chi connectivity index (χ1n) is 7.62. The molecule has 0 unspecified atom stereocenters. The lowest BCUT2D eigenvalue weighted by molar-refractivity contribution is 0.384. The summed E-state index contributed by atoms with van der Waals surface area (Å²) in [5.74, 6) is 1.18. The molecule has 0 fully saturated rings. The molecule has 2 aromatic rings. The lowest BCUT2D eigenvalue weighted by Gasteiger charge is -2.20. The standard InChI is InChI=1S/C18H23O3P/c1-4-5-12-22(19,20-17-10-6-8-15(2)13-17)21-18-11-7-9-16(3)14-18/h6-11,13-14H,4-5,12H2,1-3H3. The van der Waals surface area contributed by atoms with Crippen molar-refractivity contribution < 1.29 is 13.6 Å². The lowest BCUT2D eigenvalue weighted by Crippen LogP contribution is -2.05. The summed E-state index contributed by atoms with van der Waals surface area (Å²) >= 11 is 0. The van der Waals surface area contributed by atoms with Gasteiger partial charge in [0.15, 0.2) is 0 Å². The van der Waals surface area contributed by atoms with Crippen molar-refractivity contribution in [3.05, 3.63) is 59.7 Å². The fourth-order valence-electron chi connectivity index (χ4n) is 2.13. The van der Waals surface area contributed by atoms with Crippen LogP contribution in [0.15, 0.2) is 48.5 Å². The molecule has 0 amide bonds. The molecule has 0 spiro atoms. The zero-order chi connectivity index (χ0) is 16.0. The Morgan fingerprint density at radius 1 is 0.909 bits per heavy atom. The number of unbranched alkanes of at least 4 members (excludes halogenated alkanes) is 1. The van der Waals surface area contributed by atoms with E-state index in [9.17, 15) is 4.57 Å². The Balaban J connectivity index is 2.21. The molecule has 0 saturated carbocycles. The smallest absolute Gasteiger partial charge is 0.416 e. The highest BCUT2D eigenvalue weighted by molar-refractivity contribution is 7.54. The maximum Gasteiger partial charge on any atom is 0.430 e. The van der Waals surface area contributed by atoms with E-state index < -0.39 is 7.60 Å². The van der Waals surface area contributed by atoms with Crippen LogP contribution in [0.3, 0.4) is 0 Å². The van der Waals surface area contributed by atoms with Gasteiger partial charge in [0, 0.05) is 0 Å². The summed E-state index contributed by atoms with van der Waals surface area (Å²) in [5.41, 5.74) is 2.13. The van der Waals surface area contributed by atoms with Gasteiger partial charge in [0.05, 0.1) is 6.16 Å². The minimum atomic E-state index is -3.22. The molecular weight excluding hydrogens is 295 g/mol. The number of hydrogen-bond donors (Lipinski definition) is 0. The van der Waals surface area contributed by atoms with Crippen molar-refractivity contribution in [2.75, 3.05) is 6.16 Å². The molecule has 0 saturated heterocycles. The van der Waals surface area contributed by atoms with Gasteiger partial charge < -0.3 is 9.05 Å². The highest BCUT2D eigenvalue weighted by Gasteiger charge is 2.27. The van der Waals surface area contributed by atoms with Crippen molar-refractivity contribution in [3.8, 4) is 11.5 Å². The van der Waals surface area contributed by atoms with Gasteiger partial charge in [-0.15, -0.1) is 0 Å². The molecule has 22 heavy (non-hydrogen) atoms. The van der Waals surface area contributed by atoms with E-state index in [1.807, 2.05) is 62.4 Å². The Morgan fingerprint density at radius 2 is 1.41 bits per heavy atom. The van der Waals surface area contributed by atoms with Crippen LogP contribution >= 0.6 is 7.60 Å². The third kappa shape index (κ3) is 4.92. The van der Waals surface area contributed by atoms with Gasteiger partial charge in [-0.05, 0) is 55.7 Å². The molecule has 3 nitrogen and oxygen atoms in total. The fraction of sp³-hybridized carbons (Fsp3) is 0.333. The van der Waals surface area contributed by atoms with Crippen LogP contribution in [0.2, 0.25) is 0 Å². The van der Waals surface area contributed by atoms with Crippen LogP contribution in [0.4, 0.5) is 0 Å². The summed E-state index contributed by atoms with van der Waals surface area (Å²) in [6.07, 6.45) is 2.15. The van der Waals surface area contributed by atoms with E-state index in [1.165, 1.54) is 0 Å². The van der Waals surface area contributed by atoms with Crippen molar-refractivity contribution in [2.45, 2.75) is 33.6 Å². The molecule has 2 aromatic carbocycles. The largest absolute Gasteiger partial charge is 0.430 e. The van der Waals surface area contributed by atoms with Gasteiger partial charge >= 0.3 is 7.60 Å². The van der Waals surface area contributed by atoms with Crippen LogP contribution in [0.5, 0.6) is 11.5 Å². The maximum atomic E-state index is 13.1. The Hall–Kier alpha value is -1.73. The van der Waals surface area contributed by atoms with Crippen LogP contribution in [-0.2, 0) is 4.57 Å². The summed E-state index contributed by atoms with van der Waals surface area (Å²) < 4.78 is 24.6. The van der Waals surface area contributed by atoms with Crippen molar-refractivity contribution in [2.24, 2.45) is 0 Å². The third-order valence-corrected chi connectivity index (χ3v) is 5.10. The first-order chi connectivity index (χ1) is 10.5. The summed E-state index contributed by atoms with van der Waals surface area (Å²) in [4.78, 5) is 0. The molecule has 0 bridgehead atoms. The molecule has 2 rings (SSSR count). The molecule has 0 atom stereocenters. The highest BCUT2D eigenvalue weighted by atomic mass is 31.2. The summed E-state index contributed by atoms with van der Waals surface area (Å²) in [6.45, 7) is 6.01. The van der Waals surface area contributed by atoms with Crippen LogP contribution in [0.1, 0.15) is 30.9 Å². The molecule has 0 aliphatic heterocycles. The molecule has 118 valence electrons. The zero-order valence-corrected chi connectivity index (χ0v) is 14.3. The first kappa shape index (κ1) is 16.6. The van der Waals surface area contributed by atoms with E-state index in [0.717, 1.165) is 24.0 Å². The summed E-state index contributed by atoms with van der Waals surface area (Å²) in [5, 5.41) is 0. The maximum absolute atomic E-state index is 13.1. The predicted octanol–water partition coefficient (Wildman–Crippen LogP) is 5.75. The molecular formula is C18H23O3P. The second-order valence-corrected chi connectivity index (χ2v) is 7.54. The monoisotopic (exact) mass is 318 g/mol. The Morgan fingerprint density at radius 3 is 1.82 bits per heavy atom. The van der Waals surface area contributed by atoms with E-state index in [2.05, 4.69) is 6.92 Å². The van der Waals surface area contributed by atoms with Gasteiger partial charge in [0.1, 0.15) is 11.5 Å². The molecule has 0 N–H and O–H groups in total. The van der Waals surface area contributed by atoms with Crippen LogP contribution < -0.4 is 9.05 Å². The first-order valence-corrected chi connectivity index (χ1v) is 9.35. The average molecular weight is 318 g/mol. The van der Waals surface area contributed by atoms with Gasteiger partial charge in [0.25, 0.3) is 0 Å². The highest BCUT2D eigenvalue weighted by Crippen LogP contribution is 2.49. The van der Waals surface area contributed by atoms with Gasteiger partial charge in [0.2, 0.25) is 0 Å². The van der Waals surface area contributed by atoms with E-state index in [4.69, 9.17) is 9.05 Å².